The lowest BCUT2D eigenvalue weighted by atomic mass is 10.0. The van der Waals surface area contributed by atoms with E-state index >= 15 is 0 Å². The molecule has 1 amide bonds. The van der Waals surface area contributed by atoms with E-state index in [0.29, 0.717) is 35.2 Å². The second-order valence-electron chi connectivity index (χ2n) is 7.99. The maximum absolute atomic E-state index is 13.2. The topological polar surface area (TPSA) is 102 Å². The molecule has 3 heterocycles. The number of nitrogens with zero attached hydrogens (tertiary/aromatic N) is 4. The molecule has 0 aliphatic carbocycles. The van der Waals surface area contributed by atoms with E-state index in [-0.39, 0.29) is 24.5 Å². The van der Waals surface area contributed by atoms with Gasteiger partial charge >= 0.3 is 0 Å². The largest absolute Gasteiger partial charge is 0.497 e. The highest BCUT2D eigenvalue weighted by Crippen LogP contribution is 2.32. The summed E-state index contributed by atoms with van der Waals surface area (Å²) >= 11 is 0. The summed E-state index contributed by atoms with van der Waals surface area (Å²) in [4.78, 5) is 19.2. The molecule has 0 saturated carbocycles. The lowest BCUT2D eigenvalue weighted by Crippen LogP contribution is -2.47. The number of carbonyl (C=O) groups is 1. The molecule has 2 aliphatic heterocycles. The zero-order valence-corrected chi connectivity index (χ0v) is 19.1. The van der Waals surface area contributed by atoms with Gasteiger partial charge in [-0.05, 0) is 36.2 Å². The van der Waals surface area contributed by atoms with Crippen molar-refractivity contribution in [3.8, 4) is 28.6 Å². The number of hydrazine groups is 1. The molecule has 1 saturated heterocycles. The molecular formula is C24H25N5O5. The number of benzene rings is 2. The summed E-state index contributed by atoms with van der Waals surface area (Å²) in [5.41, 5.74) is 5.18. The number of methoxy groups -OCH3 is 3. The van der Waals surface area contributed by atoms with Crippen molar-refractivity contribution < 1.29 is 23.5 Å². The van der Waals surface area contributed by atoms with Crippen LogP contribution in [0.25, 0.3) is 11.4 Å². The van der Waals surface area contributed by atoms with Gasteiger partial charge in [0.15, 0.2) is 0 Å². The Labute approximate surface area is 196 Å². The second-order valence-corrected chi connectivity index (χ2v) is 7.99. The van der Waals surface area contributed by atoms with E-state index in [9.17, 15) is 4.79 Å². The molecule has 2 unspecified atom stereocenters. The van der Waals surface area contributed by atoms with E-state index in [1.807, 2.05) is 35.5 Å². The number of hydrogen-bond acceptors (Lipinski definition) is 9. The molecule has 5 rings (SSSR count). The van der Waals surface area contributed by atoms with Crippen molar-refractivity contribution in [2.45, 2.75) is 25.0 Å². The third-order valence-electron chi connectivity index (χ3n) is 5.98. The minimum absolute atomic E-state index is 0.0301. The van der Waals surface area contributed by atoms with Crippen LogP contribution in [-0.2, 0) is 11.3 Å². The van der Waals surface area contributed by atoms with Crippen LogP contribution in [0.3, 0.4) is 0 Å². The van der Waals surface area contributed by atoms with Crippen molar-refractivity contribution in [1.29, 1.82) is 0 Å². The number of hydrogen-bond donors (Lipinski definition) is 1. The predicted molar refractivity (Wildman–Crippen MR) is 122 cm³/mol. The Hall–Kier alpha value is -4.05. The molecule has 1 aromatic heterocycles. The summed E-state index contributed by atoms with van der Waals surface area (Å²) in [6.07, 6.45) is 4.23. The first-order valence-corrected chi connectivity index (χ1v) is 10.8. The summed E-state index contributed by atoms with van der Waals surface area (Å²) in [5, 5.41) is 5.92. The van der Waals surface area contributed by atoms with Gasteiger partial charge in [-0.2, -0.15) is 4.98 Å². The molecule has 10 nitrogen and oxygen atoms in total. The van der Waals surface area contributed by atoms with Gasteiger partial charge in [0, 0.05) is 24.0 Å². The lowest BCUT2D eigenvalue weighted by Gasteiger charge is -2.30. The smallest absolute Gasteiger partial charge is 0.251 e. The first-order chi connectivity index (χ1) is 16.6. The number of amides is 1. The average Bonchev–Trinajstić information content (AvgIpc) is 3.53. The summed E-state index contributed by atoms with van der Waals surface area (Å²) in [7, 11) is 4.80. The molecule has 3 aromatic rings. The number of carbonyl (C=O) groups excluding carboxylic acids is 1. The molecule has 1 N–H and O–H groups in total. The van der Waals surface area contributed by atoms with Crippen LogP contribution < -0.4 is 19.6 Å². The van der Waals surface area contributed by atoms with Crippen LogP contribution >= 0.6 is 0 Å². The van der Waals surface area contributed by atoms with Crippen LogP contribution in [-0.4, -0.2) is 53.3 Å². The molecule has 0 spiro atoms. The van der Waals surface area contributed by atoms with E-state index in [4.69, 9.17) is 18.7 Å². The fraction of sp³-hybridized carbons (Fsp3) is 0.292. The number of fused-ring (bicyclic) bond motifs is 1. The Bertz CT molecular complexity index is 1190. The zero-order valence-electron chi connectivity index (χ0n) is 19.1. The molecule has 176 valence electrons. The molecule has 10 heteroatoms. The highest BCUT2D eigenvalue weighted by molar-refractivity contribution is 5.84. The van der Waals surface area contributed by atoms with Crippen molar-refractivity contribution in [3.63, 3.8) is 0 Å². The van der Waals surface area contributed by atoms with Crippen molar-refractivity contribution >= 4 is 5.91 Å². The van der Waals surface area contributed by atoms with E-state index in [0.717, 1.165) is 11.3 Å². The number of rotatable bonds is 7. The zero-order chi connectivity index (χ0) is 23.7. The summed E-state index contributed by atoms with van der Waals surface area (Å²) in [6, 6.07) is 12.9. The first-order valence-electron chi connectivity index (χ1n) is 10.8. The molecule has 34 heavy (non-hydrogen) atoms. The maximum Gasteiger partial charge on any atom is 0.251 e. The molecule has 2 atom stereocenters. The van der Waals surface area contributed by atoms with Gasteiger partial charge in [-0.3, -0.25) is 4.79 Å². The Kier molecular flexibility index (Phi) is 5.81. The minimum Gasteiger partial charge on any atom is -0.497 e. The standard InChI is InChI=1S/C24H25N5O5/c1-31-17-6-4-15(5-7-17)20-13-21-24(30)28(8-9-29(21)26-20)14-22-25-23(27-34-22)16-10-18(32-2)12-19(11-16)33-3/h4-12,20-21,26H,13-14H2,1-3H3. The molecule has 1 fully saturated rings. The van der Waals surface area contributed by atoms with Gasteiger partial charge in [0.2, 0.25) is 11.7 Å². The molecule has 0 bridgehead atoms. The Morgan fingerprint density at radius 2 is 1.71 bits per heavy atom. The van der Waals surface area contributed by atoms with Crippen molar-refractivity contribution in [2.75, 3.05) is 21.3 Å². The van der Waals surface area contributed by atoms with Gasteiger partial charge in [0.25, 0.3) is 5.91 Å². The van der Waals surface area contributed by atoms with Gasteiger partial charge < -0.3 is 28.6 Å². The van der Waals surface area contributed by atoms with Crippen LogP contribution in [0, 0.1) is 0 Å². The van der Waals surface area contributed by atoms with Crippen molar-refractivity contribution in [3.05, 3.63) is 66.3 Å². The van der Waals surface area contributed by atoms with E-state index in [2.05, 4.69) is 15.6 Å². The Balaban J connectivity index is 1.28. The van der Waals surface area contributed by atoms with E-state index < -0.39 is 0 Å². The number of nitrogens with one attached hydrogen (secondary N) is 1. The SMILES string of the molecule is COc1ccc(C2CC3C(=O)N(Cc4nc(-c5cc(OC)cc(OC)c5)no4)C=CN3N2)cc1. The second kappa shape index (κ2) is 9.06. The monoisotopic (exact) mass is 463 g/mol. The summed E-state index contributed by atoms with van der Waals surface area (Å²) < 4.78 is 21.3. The highest BCUT2D eigenvalue weighted by atomic mass is 16.5. The average molecular weight is 463 g/mol. The fourth-order valence-corrected chi connectivity index (χ4v) is 4.14. The fourth-order valence-electron chi connectivity index (χ4n) is 4.14. The molecular weight excluding hydrogens is 438 g/mol. The van der Waals surface area contributed by atoms with Gasteiger partial charge in [0.05, 0.1) is 27.4 Å². The van der Waals surface area contributed by atoms with Crippen LogP contribution in [0.4, 0.5) is 0 Å². The predicted octanol–water partition coefficient (Wildman–Crippen LogP) is 2.90. The normalized spacial score (nSPS) is 19.3. The van der Waals surface area contributed by atoms with Crippen LogP contribution in [0.2, 0.25) is 0 Å². The van der Waals surface area contributed by atoms with Crippen LogP contribution in [0.1, 0.15) is 23.9 Å². The quantitative estimate of drug-likeness (QED) is 0.567. The van der Waals surface area contributed by atoms with Gasteiger partial charge in [0.1, 0.15) is 29.8 Å². The lowest BCUT2D eigenvalue weighted by molar-refractivity contribution is -0.135. The summed E-state index contributed by atoms with van der Waals surface area (Å²) in [6.45, 7) is 0.182. The van der Waals surface area contributed by atoms with Gasteiger partial charge in [-0.25, -0.2) is 5.43 Å². The van der Waals surface area contributed by atoms with Crippen molar-refractivity contribution in [2.24, 2.45) is 0 Å². The molecule has 2 aliphatic rings. The highest BCUT2D eigenvalue weighted by Gasteiger charge is 2.40. The number of aromatic nitrogens is 2. The van der Waals surface area contributed by atoms with Crippen LogP contribution in [0.5, 0.6) is 17.2 Å². The third kappa shape index (κ3) is 4.15. The third-order valence-corrected chi connectivity index (χ3v) is 5.98. The Morgan fingerprint density at radius 1 is 1.00 bits per heavy atom. The van der Waals surface area contributed by atoms with E-state index in [1.165, 1.54) is 0 Å². The van der Waals surface area contributed by atoms with Crippen molar-refractivity contribution in [1.82, 2.24) is 25.5 Å². The van der Waals surface area contributed by atoms with Gasteiger partial charge in [-0.15, -0.1) is 0 Å². The molecule has 2 aromatic carbocycles. The molecule has 0 radical (unpaired) electrons. The minimum atomic E-state index is -0.317. The first kappa shape index (κ1) is 21.8. The van der Waals surface area contributed by atoms with E-state index in [1.54, 1.807) is 50.6 Å². The maximum atomic E-state index is 13.2. The summed E-state index contributed by atoms with van der Waals surface area (Å²) in [5.74, 6) is 2.73. The number of ether oxygens (including phenoxy) is 3. The van der Waals surface area contributed by atoms with Crippen LogP contribution in [0.15, 0.2) is 59.4 Å². The van der Waals surface area contributed by atoms with Gasteiger partial charge in [-0.1, -0.05) is 17.3 Å². The Morgan fingerprint density at radius 3 is 2.38 bits per heavy atom.